The first-order chi connectivity index (χ1) is 17.2. The Hall–Kier alpha value is -2.39. The van der Waals surface area contributed by atoms with Gasteiger partial charge in [0, 0.05) is 51.6 Å². The molecule has 1 aromatic rings. The molecule has 37 heavy (non-hydrogen) atoms. The molecule has 3 rings (SSSR count). The number of alkyl halides is 6. The van der Waals surface area contributed by atoms with E-state index in [4.69, 9.17) is 24.5 Å². The number of aromatic nitrogens is 2. The summed E-state index contributed by atoms with van der Waals surface area (Å²) in [5, 5.41) is 14.2. The highest BCUT2D eigenvalue weighted by Gasteiger charge is 2.38. The molecule has 0 aliphatic carbocycles. The lowest BCUT2D eigenvalue weighted by atomic mass is 9.98. The van der Waals surface area contributed by atoms with Crippen LogP contribution in [0.2, 0.25) is 0 Å². The summed E-state index contributed by atoms with van der Waals surface area (Å²) < 4.78 is 71.4. The van der Waals surface area contributed by atoms with Crippen molar-refractivity contribution in [2.45, 2.75) is 58.0 Å². The van der Waals surface area contributed by atoms with E-state index in [1.54, 1.807) is 0 Å². The molecule has 1 atom stereocenters. The number of rotatable bonds is 7. The summed E-state index contributed by atoms with van der Waals surface area (Å²) in [7, 11) is 0. The van der Waals surface area contributed by atoms with Gasteiger partial charge in [-0.15, -0.1) is 0 Å². The zero-order valence-electron chi connectivity index (χ0n) is 20.8. The second-order valence-corrected chi connectivity index (χ2v) is 8.62. The lowest BCUT2D eigenvalue weighted by Gasteiger charge is -2.37. The van der Waals surface area contributed by atoms with Crippen molar-refractivity contribution < 1.29 is 50.9 Å². The van der Waals surface area contributed by atoms with E-state index in [1.165, 1.54) is 44.6 Å². The van der Waals surface area contributed by atoms with Crippen molar-refractivity contribution in [1.82, 2.24) is 19.4 Å². The third-order valence-corrected chi connectivity index (χ3v) is 6.01. The Morgan fingerprint density at radius 2 is 1.57 bits per heavy atom. The van der Waals surface area contributed by atoms with Crippen LogP contribution in [0.1, 0.15) is 44.8 Å². The van der Waals surface area contributed by atoms with Crippen LogP contribution in [0, 0.1) is 5.92 Å². The van der Waals surface area contributed by atoms with Crippen LogP contribution in [0.15, 0.2) is 12.5 Å². The molecule has 0 amide bonds. The highest BCUT2D eigenvalue weighted by molar-refractivity contribution is 5.73. The zero-order valence-corrected chi connectivity index (χ0v) is 20.8. The molecule has 1 fully saturated rings. The van der Waals surface area contributed by atoms with E-state index in [9.17, 15) is 26.3 Å². The average Bonchev–Trinajstić information content (AvgIpc) is 3.29. The van der Waals surface area contributed by atoms with Gasteiger partial charge in [0.1, 0.15) is 0 Å². The first-order valence-corrected chi connectivity index (χ1v) is 11.8. The summed E-state index contributed by atoms with van der Waals surface area (Å²) in [4.78, 5) is 27.4. The summed E-state index contributed by atoms with van der Waals surface area (Å²) in [5.41, 5.74) is 1.38. The Labute approximate surface area is 211 Å². The van der Waals surface area contributed by atoms with E-state index < -0.39 is 24.3 Å². The maximum Gasteiger partial charge on any atom is 0.490 e. The summed E-state index contributed by atoms with van der Waals surface area (Å²) in [6.07, 6.45) is -2.41. The van der Waals surface area contributed by atoms with Crippen molar-refractivity contribution >= 4 is 11.9 Å². The Kier molecular flexibility index (Phi) is 13.3. The largest absolute Gasteiger partial charge is 0.490 e. The number of ether oxygens (including phenoxy) is 1. The topological polar surface area (TPSA) is 108 Å². The number of hydrogen-bond donors (Lipinski definition) is 2. The molecule has 0 saturated carbocycles. The molecule has 0 spiro atoms. The zero-order chi connectivity index (χ0) is 28.2. The second kappa shape index (κ2) is 15.1. The lowest BCUT2D eigenvalue weighted by molar-refractivity contribution is -0.193. The fourth-order valence-electron chi connectivity index (χ4n) is 4.00. The van der Waals surface area contributed by atoms with Gasteiger partial charge in [0.15, 0.2) is 0 Å². The minimum Gasteiger partial charge on any atom is -0.475 e. The van der Waals surface area contributed by atoms with Crippen molar-refractivity contribution in [2.24, 2.45) is 5.92 Å². The molecular formula is C22H34F6N4O5. The van der Waals surface area contributed by atoms with Gasteiger partial charge in [0.05, 0.1) is 12.0 Å². The number of aliphatic carboxylic acids is 2. The number of carboxylic acid groups (broad SMARTS) is 2. The van der Waals surface area contributed by atoms with Crippen LogP contribution >= 0.6 is 0 Å². The van der Waals surface area contributed by atoms with Crippen molar-refractivity contribution in [3.05, 3.63) is 18.2 Å². The first-order valence-electron chi connectivity index (χ1n) is 11.8. The minimum atomic E-state index is -5.08. The third-order valence-electron chi connectivity index (χ3n) is 6.01. The number of carbonyl (C=O) groups is 2. The van der Waals surface area contributed by atoms with Crippen molar-refractivity contribution in [3.8, 4) is 0 Å². The Balaban J connectivity index is 0.000000404. The summed E-state index contributed by atoms with van der Waals surface area (Å²) in [5.74, 6) is -4.71. The summed E-state index contributed by atoms with van der Waals surface area (Å²) >= 11 is 0. The molecular weight excluding hydrogens is 514 g/mol. The van der Waals surface area contributed by atoms with E-state index in [-0.39, 0.29) is 0 Å². The number of carboxylic acids is 2. The van der Waals surface area contributed by atoms with Crippen LogP contribution in [0.3, 0.4) is 0 Å². The summed E-state index contributed by atoms with van der Waals surface area (Å²) in [6.45, 7) is 13.3. The summed E-state index contributed by atoms with van der Waals surface area (Å²) in [6, 6.07) is 0.571. The van der Waals surface area contributed by atoms with Crippen LogP contribution in [0.5, 0.6) is 0 Å². The third kappa shape index (κ3) is 12.1. The van der Waals surface area contributed by atoms with Crippen LogP contribution in [0.25, 0.3) is 0 Å². The molecule has 0 bridgehead atoms. The van der Waals surface area contributed by atoms with E-state index >= 15 is 0 Å². The van der Waals surface area contributed by atoms with Gasteiger partial charge in [-0.3, -0.25) is 4.90 Å². The monoisotopic (exact) mass is 548 g/mol. The smallest absolute Gasteiger partial charge is 0.475 e. The van der Waals surface area contributed by atoms with Gasteiger partial charge in [0.2, 0.25) is 0 Å². The second-order valence-electron chi connectivity index (χ2n) is 8.62. The van der Waals surface area contributed by atoms with Gasteiger partial charge in [0.25, 0.3) is 0 Å². The van der Waals surface area contributed by atoms with Gasteiger partial charge < -0.3 is 24.4 Å². The number of nitrogens with zero attached hydrogens (tertiary/aromatic N) is 4. The fraction of sp³-hybridized carbons (Fsp3) is 0.773. The normalized spacial score (nSPS) is 18.8. The standard InChI is InChI=1S/C18H32N4O.2C2HF3O2/c1-3-20(4-2)8-5-17-13-21(12-16-6-9-23-10-7-16)14-18-11-19-15-22(17)18;2*3-2(4,5)1(6)7/h11,15-17H,3-10,12-14H2,1-2H3;2*(H,6,7). The number of fused-ring (bicyclic) bond motifs is 1. The van der Waals surface area contributed by atoms with Crippen molar-refractivity contribution in [2.75, 3.05) is 45.9 Å². The molecule has 9 nitrogen and oxygen atoms in total. The van der Waals surface area contributed by atoms with Gasteiger partial charge in [-0.25, -0.2) is 14.6 Å². The van der Waals surface area contributed by atoms with Crippen molar-refractivity contribution in [1.29, 1.82) is 0 Å². The number of hydrogen-bond acceptors (Lipinski definition) is 6. The Morgan fingerprint density at radius 3 is 2.03 bits per heavy atom. The minimum absolute atomic E-state index is 0.571. The molecule has 2 N–H and O–H groups in total. The maximum absolute atomic E-state index is 10.6. The van der Waals surface area contributed by atoms with E-state index in [1.807, 2.05) is 6.33 Å². The molecule has 1 unspecified atom stereocenters. The SMILES string of the molecule is CCN(CC)CCC1CN(CC2CCOCC2)Cc2cncn21.O=C(O)C(F)(F)F.O=C(O)C(F)(F)F. The van der Waals surface area contributed by atoms with Crippen LogP contribution in [0.4, 0.5) is 26.3 Å². The van der Waals surface area contributed by atoms with Gasteiger partial charge in [-0.1, -0.05) is 13.8 Å². The predicted molar refractivity (Wildman–Crippen MR) is 120 cm³/mol. The fourth-order valence-corrected chi connectivity index (χ4v) is 4.00. The highest BCUT2D eigenvalue weighted by Crippen LogP contribution is 2.26. The molecule has 0 aromatic carbocycles. The molecule has 2 aliphatic heterocycles. The molecule has 15 heteroatoms. The average molecular weight is 549 g/mol. The van der Waals surface area contributed by atoms with Crippen molar-refractivity contribution in [3.63, 3.8) is 0 Å². The van der Waals surface area contributed by atoms with E-state index in [0.717, 1.165) is 38.8 Å². The Bertz CT molecular complexity index is 799. The molecule has 3 heterocycles. The van der Waals surface area contributed by atoms with Gasteiger partial charge in [-0.2, -0.15) is 26.3 Å². The lowest BCUT2D eigenvalue weighted by Crippen LogP contribution is -2.41. The number of halogens is 6. The van der Waals surface area contributed by atoms with Gasteiger partial charge in [-0.05, 0) is 38.3 Å². The quantitative estimate of drug-likeness (QED) is 0.497. The van der Waals surface area contributed by atoms with Gasteiger partial charge >= 0.3 is 24.3 Å². The molecule has 1 saturated heterocycles. The molecule has 1 aromatic heterocycles. The highest BCUT2D eigenvalue weighted by atomic mass is 19.4. The number of imidazole rings is 1. The molecule has 214 valence electrons. The van der Waals surface area contributed by atoms with Crippen LogP contribution in [-0.4, -0.2) is 99.8 Å². The molecule has 0 radical (unpaired) electrons. The predicted octanol–water partition coefficient (Wildman–Crippen LogP) is 3.66. The van der Waals surface area contributed by atoms with E-state index in [0.29, 0.717) is 6.04 Å². The maximum atomic E-state index is 10.6. The Morgan fingerprint density at radius 1 is 1.05 bits per heavy atom. The van der Waals surface area contributed by atoms with E-state index in [2.05, 4.69) is 39.4 Å². The first kappa shape index (κ1) is 32.6. The van der Waals surface area contributed by atoms with Crippen LogP contribution in [-0.2, 0) is 20.9 Å². The van der Waals surface area contributed by atoms with Crippen LogP contribution < -0.4 is 0 Å². The molecule has 2 aliphatic rings.